The minimum Gasteiger partial charge on any atom is -0.311 e. The van der Waals surface area contributed by atoms with E-state index in [1.807, 2.05) is 31.2 Å². The minimum absolute atomic E-state index is 0.113. The van der Waals surface area contributed by atoms with Gasteiger partial charge in [0.15, 0.2) is 0 Å². The summed E-state index contributed by atoms with van der Waals surface area (Å²) in [5, 5.41) is 7.90. The van der Waals surface area contributed by atoms with E-state index in [0.29, 0.717) is 29.4 Å². The van der Waals surface area contributed by atoms with E-state index in [-0.39, 0.29) is 11.7 Å². The first-order chi connectivity index (χ1) is 12.0. The SMILES string of the molecule is Cc1cc(NC(=O)CCc2ccc(Cl)cc2)n(-c2ccc(F)cc2)n1. The average Bonchev–Trinajstić information content (AvgIpc) is 2.95. The van der Waals surface area contributed by atoms with Crippen molar-refractivity contribution in [2.75, 3.05) is 5.32 Å². The van der Waals surface area contributed by atoms with E-state index < -0.39 is 0 Å². The number of carbonyl (C=O) groups is 1. The van der Waals surface area contributed by atoms with Gasteiger partial charge in [0.25, 0.3) is 0 Å². The lowest BCUT2D eigenvalue weighted by Gasteiger charge is -2.09. The fourth-order valence-electron chi connectivity index (χ4n) is 2.48. The van der Waals surface area contributed by atoms with Gasteiger partial charge in [-0.05, 0) is 55.3 Å². The first-order valence-electron chi connectivity index (χ1n) is 7.88. The summed E-state index contributed by atoms with van der Waals surface area (Å²) in [4.78, 5) is 12.3. The normalized spacial score (nSPS) is 10.7. The molecule has 0 atom stereocenters. The van der Waals surface area contributed by atoms with Crippen LogP contribution in [0.5, 0.6) is 0 Å². The van der Waals surface area contributed by atoms with Crippen LogP contribution < -0.4 is 5.32 Å². The lowest BCUT2D eigenvalue weighted by Crippen LogP contribution is -2.15. The molecule has 3 aromatic rings. The molecule has 128 valence electrons. The van der Waals surface area contributed by atoms with Crippen LogP contribution >= 0.6 is 11.6 Å². The third-order valence-corrected chi connectivity index (χ3v) is 3.98. The first kappa shape index (κ1) is 17.2. The fourth-order valence-corrected chi connectivity index (χ4v) is 2.61. The van der Waals surface area contributed by atoms with Crippen LogP contribution in [0.2, 0.25) is 5.02 Å². The number of rotatable bonds is 5. The van der Waals surface area contributed by atoms with Gasteiger partial charge in [-0.15, -0.1) is 0 Å². The molecule has 0 spiro atoms. The van der Waals surface area contributed by atoms with Crippen molar-refractivity contribution >= 4 is 23.3 Å². The molecule has 1 aromatic heterocycles. The summed E-state index contributed by atoms with van der Waals surface area (Å²) in [5.74, 6) is 0.129. The maximum Gasteiger partial charge on any atom is 0.225 e. The summed E-state index contributed by atoms with van der Waals surface area (Å²) in [7, 11) is 0. The summed E-state index contributed by atoms with van der Waals surface area (Å²) < 4.78 is 14.7. The molecule has 1 N–H and O–H groups in total. The number of hydrogen-bond donors (Lipinski definition) is 1. The number of benzene rings is 2. The Kier molecular flexibility index (Phi) is 5.14. The Morgan fingerprint density at radius 3 is 2.52 bits per heavy atom. The maximum absolute atomic E-state index is 13.1. The summed E-state index contributed by atoms with van der Waals surface area (Å²) in [6.07, 6.45) is 0.960. The largest absolute Gasteiger partial charge is 0.311 e. The lowest BCUT2D eigenvalue weighted by atomic mass is 10.1. The van der Waals surface area contributed by atoms with Crippen molar-refractivity contribution in [2.24, 2.45) is 0 Å². The highest BCUT2D eigenvalue weighted by molar-refractivity contribution is 6.30. The van der Waals surface area contributed by atoms with E-state index in [0.717, 1.165) is 11.3 Å². The Balaban J connectivity index is 1.69. The van der Waals surface area contributed by atoms with Gasteiger partial charge in [-0.1, -0.05) is 23.7 Å². The highest BCUT2D eigenvalue weighted by Gasteiger charge is 2.11. The molecule has 0 aliphatic heterocycles. The predicted octanol–water partition coefficient (Wildman–Crippen LogP) is 4.54. The van der Waals surface area contributed by atoms with E-state index in [4.69, 9.17) is 11.6 Å². The van der Waals surface area contributed by atoms with Crippen molar-refractivity contribution in [3.63, 3.8) is 0 Å². The zero-order valence-corrected chi connectivity index (χ0v) is 14.4. The number of carbonyl (C=O) groups excluding carboxylic acids is 1. The number of amides is 1. The van der Waals surface area contributed by atoms with Gasteiger partial charge in [0.2, 0.25) is 5.91 Å². The second-order valence-electron chi connectivity index (χ2n) is 5.73. The molecular formula is C19H17ClFN3O. The number of aromatic nitrogens is 2. The monoisotopic (exact) mass is 357 g/mol. The van der Waals surface area contributed by atoms with Crippen molar-refractivity contribution in [3.8, 4) is 5.69 Å². The van der Waals surface area contributed by atoms with Gasteiger partial charge >= 0.3 is 0 Å². The highest BCUT2D eigenvalue weighted by atomic mass is 35.5. The molecule has 4 nitrogen and oxygen atoms in total. The zero-order valence-electron chi connectivity index (χ0n) is 13.7. The molecule has 3 rings (SSSR count). The quantitative estimate of drug-likeness (QED) is 0.728. The summed E-state index contributed by atoms with van der Waals surface area (Å²) in [6.45, 7) is 1.84. The Bertz CT molecular complexity index is 873. The highest BCUT2D eigenvalue weighted by Crippen LogP contribution is 2.18. The van der Waals surface area contributed by atoms with Crippen molar-refractivity contribution in [2.45, 2.75) is 19.8 Å². The van der Waals surface area contributed by atoms with Crippen LogP contribution in [0.1, 0.15) is 17.7 Å². The molecule has 0 aliphatic carbocycles. The van der Waals surface area contributed by atoms with E-state index in [1.54, 1.807) is 22.9 Å². The van der Waals surface area contributed by atoms with Gasteiger partial charge in [-0.2, -0.15) is 5.10 Å². The van der Waals surface area contributed by atoms with Gasteiger partial charge < -0.3 is 5.32 Å². The summed E-state index contributed by atoms with van der Waals surface area (Å²) in [6, 6.07) is 15.2. The third-order valence-electron chi connectivity index (χ3n) is 3.72. The lowest BCUT2D eigenvalue weighted by molar-refractivity contribution is -0.116. The number of halogens is 2. The van der Waals surface area contributed by atoms with Crippen LogP contribution in [-0.4, -0.2) is 15.7 Å². The Labute approximate surface area is 150 Å². The predicted molar refractivity (Wildman–Crippen MR) is 96.7 cm³/mol. The van der Waals surface area contributed by atoms with Crippen molar-refractivity contribution in [1.82, 2.24) is 9.78 Å². The van der Waals surface area contributed by atoms with E-state index in [9.17, 15) is 9.18 Å². The molecule has 0 bridgehead atoms. The van der Waals surface area contributed by atoms with Crippen molar-refractivity contribution in [3.05, 3.63) is 76.7 Å². The van der Waals surface area contributed by atoms with Crippen LogP contribution in [0, 0.1) is 12.7 Å². The van der Waals surface area contributed by atoms with Crippen molar-refractivity contribution < 1.29 is 9.18 Å². The molecule has 6 heteroatoms. The molecule has 0 saturated carbocycles. The number of nitrogens with zero attached hydrogens (tertiary/aromatic N) is 2. The standard InChI is InChI=1S/C19H17ClFN3O/c1-13-12-18(24(23-13)17-9-7-16(21)8-10-17)22-19(25)11-4-14-2-5-15(20)6-3-14/h2-3,5-10,12H,4,11H2,1H3,(H,22,25). The number of hydrogen-bond acceptors (Lipinski definition) is 2. The molecule has 1 heterocycles. The van der Waals surface area contributed by atoms with Gasteiger partial charge in [-0.25, -0.2) is 9.07 Å². The van der Waals surface area contributed by atoms with E-state index in [2.05, 4.69) is 10.4 Å². The summed E-state index contributed by atoms with van der Waals surface area (Å²) in [5.41, 5.74) is 2.49. The van der Waals surface area contributed by atoms with Gasteiger partial charge in [0, 0.05) is 17.5 Å². The minimum atomic E-state index is -0.318. The zero-order chi connectivity index (χ0) is 17.8. The van der Waals surface area contributed by atoms with Gasteiger partial charge in [0.05, 0.1) is 11.4 Å². The molecule has 2 aromatic carbocycles. The molecule has 0 unspecified atom stereocenters. The molecule has 1 amide bonds. The van der Waals surface area contributed by atoms with Crippen LogP contribution in [0.15, 0.2) is 54.6 Å². The average molecular weight is 358 g/mol. The molecule has 25 heavy (non-hydrogen) atoms. The third kappa shape index (κ3) is 4.45. The second kappa shape index (κ2) is 7.49. The molecule has 0 aliphatic rings. The van der Waals surface area contributed by atoms with Crippen LogP contribution in [0.4, 0.5) is 10.2 Å². The van der Waals surface area contributed by atoms with Crippen LogP contribution in [-0.2, 0) is 11.2 Å². The smallest absolute Gasteiger partial charge is 0.225 e. The van der Waals surface area contributed by atoms with Gasteiger partial charge in [-0.3, -0.25) is 4.79 Å². The second-order valence-corrected chi connectivity index (χ2v) is 6.17. The Morgan fingerprint density at radius 1 is 1.16 bits per heavy atom. The molecule has 0 saturated heterocycles. The van der Waals surface area contributed by atoms with E-state index in [1.165, 1.54) is 12.1 Å². The molecular weight excluding hydrogens is 341 g/mol. The fraction of sp³-hybridized carbons (Fsp3) is 0.158. The number of aryl methyl sites for hydroxylation is 2. The van der Waals surface area contributed by atoms with Crippen molar-refractivity contribution in [1.29, 1.82) is 0 Å². The topological polar surface area (TPSA) is 46.9 Å². The molecule has 0 radical (unpaired) electrons. The summed E-state index contributed by atoms with van der Waals surface area (Å²) >= 11 is 5.86. The van der Waals surface area contributed by atoms with Crippen LogP contribution in [0.3, 0.4) is 0 Å². The Morgan fingerprint density at radius 2 is 1.84 bits per heavy atom. The van der Waals surface area contributed by atoms with Crippen LogP contribution in [0.25, 0.3) is 5.69 Å². The number of nitrogens with one attached hydrogen (secondary N) is 1. The van der Waals surface area contributed by atoms with Gasteiger partial charge in [0.1, 0.15) is 11.6 Å². The number of anilines is 1. The first-order valence-corrected chi connectivity index (χ1v) is 8.26. The Hall–Kier alpha value is -2.66. The molecule has 0 fully saturated rings. The maximum atomic E-state index is 13.1. The van der Waals surface area contributed by atoms with E-state index >= 15 is 0 Å².